The molecule has 0 radical (unpaired) electrons. The summed E-state index contributed by atoms with van der Waals surface area (Å²) < 4.78 is 7.18. The molecule has 8 nitrogen and oxygen atoms in total. The molecule has 0 aliphatic carbocycles. The quantitative estimate of drug-likeness (QED) is 0.545. The highest BCUT2D eigenvalue weighted by molar-refractivity contribution is 5.77. The smallest absolute Gasteiger partial charge is 0.263 e. The Kier molecular flexibility index (Phi) is 4.68. The second kappa shape index (κ2) is 7.64. The first-order valence-corrected chi connectivity index (χ1v) is 9.94. The normalized spacial score (nSPS) is 16.7. The number of nitrogens with one attached hydrogen (secondary N) is 2. The number of anilines is 3. The van der Waals surface area contributed by atoms with Gasteiger partial charge in [-0.05, 0) is 43.3 Å². The van der Waals surface area contributed by atoms with Crippen molar-refractivity contribution in [1.29, 1.82) is 0 Å². The number of hydrogen-bond donors (Lipinski definition) is 2. The third-order valence-electron chi connectivity index (χ3n) is 5.27. The Bertz CT molecular complexity index is 1220. The first kappa shape index (κ1) is 18.4. The summed E-state index contributed by atoms with van der Waals surface area (Å²) >= 11 is 0. The van der Waals surface area contributed by atoms with Gasteiger partial charge in [-0.25, -0.2) is 4.68 Å². The van der Waals surface area contributed by atoms with Crippen molar-refractivity contribution in [3.63, 3.8) is 0 Å². The molecule has 2 aromatic carbocycles. The van der Waals surface area contributed by atoms with Crippen LogP contribution < -0.4 is 15.8 Å². The molecule has 0 bridgehead atoms. The Morgan fingerprint density at radius 2 is 1.90 bits per heavy atom. The van der Waals surface area contributed by atoms with Crippen LogP contribution in [0.15, 0.2) is 65.6 Å². The van der Waals surface area contributed by atoms with Crippen LogP contribution in [0.2, 0.25) is 0 Å². The molecule has 1 unspecified atom stereocenters. The molecule has 1 aliphatic rings. The molecule has 1 aliphatic heterocycles. The lowest BCUT2D eigenvalue weighted by Crippen LogP contribution is -2.43. The summed E-state index contributed by atoms with van der Waals surface area (Å²) in [4.78, 5) is 22.2. The van der Waals surface area contributed by atoms with E-state index in [1.165, 1.54) is 6.20 Å². The van der Waals surface area contributed by atoms with Gasteiger partial charge in [0.05, 0.1) is 25.1 Å². The van der Waals surface area contributed by atoms with E-state index in [-0.39, 0.29) is 5.56 Å². The van der Waals surface area contributed by atoms with Crippen molar-refractivity contribution >= 4 is 28.4 Å². The van der Waals surface area contributed by atoms with Crippen molar-refractivity contribution in [2.45, 2.75) is 13.0 Å². The third-order valence-corrected chi connectivity index (χ3v) is 5.27. The SMILES string of the molecule is CC1COCCN1c1ccc(Nc2nc3c(cnn3-c3ccccc3)c(=O)[nH]2)cc1. The van der Waals surface area contributed by atoms with Crippen LogP contribution in [0.25, 0.3) is 16.7 Å². The summed E-state index contributed by atoms with van der Waals surface area (Å²) in [6.45, 7) is 4.51. The highest BCUT2D eigenvalue weighted by Crippen LogP contribution is 2.23. The van der Waals surface area contributed by atoms with E-state index in [2.05, 4.69) is 44.3 Å². The maximum atomic E-state index is 12.5. The van der Waals surface area contributed by atoms with Crippen LogP contribution in [-0.4, -0.2) is 45.5 Å². The van der Waals surface area contributed by atoms with E-state index in [4.69, 9.17) is 4.74 Å². The van der Waals surface area contributed by atoms with Gasteiger partial charge in [-0.15, -0.1) is 0 Å². The fourth-order valence-electron chi connectivity index (χ4n) is 3.72. The molecular formula is C22H22N6O2. The van der Waals surface area contributed by atoms with Crippen LogP contribution in [0.1, 0.15) is 6.92 Å². The topological polar surface area (TPSA) is 88.1 Å². The molecule has 0 saturated carbocycles. The third kappa shape index (κ3) is 3.42. The van der Waals surface area contributed by atoms with Crippen molar-refractivity contribution in [3.05, 3.63) is 71.1 Å². The Balaban J connectivity index is 1.43. The van der Waals surface area contributed by atoms with E-state index < -0.39 is 0 Å². The predicted molar refractivity (Wildman–Crippen MR) is 117 cm³/mol. The largest absolute Gasteiger partial charge is 0.377 e. The second-order valence-corrected chi connectivity index (χ2v) is 7.33. The van der Waals surface area contributed by atoms with Crippen molar-refractivity contribution in [1.82, 2.24) is 19.7 Å². The number of rotatable bonds is 4. The standard InChI is InChI=1S/C22H22N6O2/c1-15-14-30-12-11-27(15)17-9-7-16(8-10-17)24-22-25-20-19(21(29)26-22)13-23-28(20)18-5-3-2-4-6-18/h2-10,13,15H,11-12,14H2,1H3,(H2,24,25,26,29). The molecule has 1 saturated heterocycles. The fourth-order valence-corrected chi connectivity index (χ4v) is 3.72. The zero-order chi connectivity index (χ0) is 20.5. The number of aromatic nitrogens is 4. The van der Waals surface area contributed by atoms with Gasteiger partial charge in [0.1, 0.15) is 5.39 Å². The summed E-state index contributed by atoms with van der Waals surface area (Å²) in [6, 6.07) is 18.1. The van der Waals surface area contributed by atoms with Crippen LogP contribution in [0.5, 0.6) is 0 Å². The highest BCUT2D eigenvalue weighted by Gasteiger charge is 2.19. The van der Waals surface area contributed by atoms with Gasteiger partial charge in [-0.1, -0.05) is 18.2 Å². The van der Waals surface area contributed by atoms with Crippen LogP contribution in [0.3, 0.4) is 0 Å². The van der Waals surface area contributed by atoms with Gasteiger partial charge in [-0.3, -0.25) is 9.78 Å². The number of morpholine rings is 1. The molecule has 4 aromatic rings. The zero-order valence-corrected chi connectivity index (χ0v) is 16.6. The number of aromatic amines is 1. The summed E-state index contributed by atoms with van der Waals surface area (Å²) in [7, 11) is 0. The molecule has 0 spiro atoms. The van der Waals surface area contributed by atoms with Gasteiger partial charge in [0.15, 0.2) is 5.65 Å². The minimum absolute atomic E-state index is 0.233. The number of H-pyrrole nitrogens is 1. The average molecular weight is 402 g/mol. The maximum absolute atomic E-state index is 12.5. The van der Waals surface area contributed by atoms with Crippen LogP contribution in [0, 0.1) is 0 Å². The van der Waals surface area contributed by atoms with E-state index in [1.807, 2.05) is 42.5 Å². The van der Waals surface area contributed by atoms with Gasteiger partial charge in [0.25, 0.3) is 5.56 Å². The summed E-state index contributed by atoms with van der Waals surface area (Å²) in [6.07, 6.45) is 1.54. The van der Waals surface area contributed by atoms with Gasteiger partial charge in [0.2, 0.25) is 5.95 Å². The predicted octanol–water partition coefficient (Wildman–Crippen LogP) is 3.08. The number of ether oxygens (including phenoxy) is 1. The highest BCUT2D eigenvalue weighted by atomic mass is 16.5. The fraction of sp³-hybridized carbons (Fsp3) is 0.227. The van der Waals surface area contributed by atoms with Crippen LogP contribution in [0.4, 0.5) is 17.3 Å². The van der Waals surface area contributed by atoms with E-state index >= 15 is 0 Å². The number of nitrogens with zero attached hydrogens (tertiary/aromatic N) is 4. The van der Waals surface area contributed by atoms with Crippen molar-refractivity contribution in [3.8, 4) is 5.69 Å². The Morgan fingerprint density at radius 3 is 2.67 bits per heavy atom. The summed E-state index contributed by atoms with van der Waals surface area (Å²) in [5.41, 5.74) is 3.11. The first-order chi connectivity index (χ1) is 14.7. The van der Waals surface area contributed by atoms with Gasteiger partial charge < -0.3 is 15.0 Å². The van der Waals surface area contributed by atoms with Crippen molar-refractivity contribution in [2.24, 2.45) is 0 Å². The molecule has 5 rings (SSSR count). The van der Waals surface area contributed by atoms with Gasteiger partial charge in [0, 0.05) is 24.0 Å². The lowest BCUT2D eigenvalue weighted by Gasteiger charge is -2.35. The lowest BCUT2D eigenvalue weighted by molar-refractivity contribution is 0.0989. The Morgan fingerprint density at radius 1 is 1.10 bits per heavy atom. The van der Waals surface area contributed by atoms with E-state index in [1.54, 1.807) is 4.68 Å². The number of hydrogen-bond acceptors (Lipinski definition) is 6. The zero-order valence-electron chi connectivity index (χ0n) is 16.6. The molecule has 30 heavy (non-hydrogen) atoms. The van der Waals surface area contributed by atoms with Gasteiger partial charge >= 0.3 is 0 Å². The van der Waals surface area contributed by atoms with Crippen LogP contribution in [-0.2, 0) is 4.74 Å². The monoisotopic (exact) mass is 402 g/mol. The summed E-state index contributed by atoms with van der Waals surface area (Å²) in [5.74, 6) is 0.373. The van der Waals surface area contributed by atoms with E-state index in [9.17, 15) is 4.79 Å². The van der Waals surface area contributed by atoms with Gasteiger partial charge in [-0.2, -0.15) is 10.1 Å². The lowest BCUT2D eigenvalue weighted by atomic mass is 10.2. The Labute approximate surface area is 173 Å². The molecule has 1 fully saturated rings. The van der Waals surface area contributed by atoms with Crippen LogP contribution >= 0.6 is 0 Å². The molecule has 1 atom stereocenters. The number of benzene rings is 2. The molecule has 2 N–H and O–H groups in total. The van der Waals surface area contributed by atoms with Crippen molar-refractivity contribution in [2.75, 3.05) is 30.0 Å². The summed E-state index contributed by atoms with van der Waals surface area (Å²) in [5, 5.41) is 7.98. The molecule has 8 heteroatoms. The molecule has 3 heterocycles. The number of fused-ring (bicyclic) bond motifs is 1. The average Bonchev–Trinajstić information content (AvgIpc) is 3.20. The van der Waals surface area contributed by atoms with Crippen molar-refractivity contribution < 1.29 is 4.74 Å². The molecule has 152 valence electrons. The Hall–Kier alpha value is -3.65. The molecule has 0 amide bonds. The maximum Gasteiger partial charge on any atom is 0.263 e. The van der Waals surface area contributed by atoms with E-state index in [0.717, 1.165) is 36.8 Å². The number of para-hydroxylation sites is 1. The first-order valence-electron chi connectivity index (χ1n) is 9.94. The second-order valence-electron chi connectivity index (χ2n) is 7.33. The van der Waals surface area contributed by atoms with E-state index in [0.29, 0.717) is 23.0 Å². The molecule has 2 aromatic heterocycles. The minimum atomic E-state index is -0.233. The minimum Gasteiger partial charge on any atom is -0.377 e. The molecular weight excluding hydrogens is 380 g/mol.